The fourth-order valence-electron chi connectivity index (χ4n) is 7.19. The van der Waals surface area contributed by atoms with Crippen LogP contribution < -0.4 is 16.0 Å². The highest BCUT2D eigenvalue weighted by Crippen LogP contribution is 2.44. The van der Waals surface area contributed by atoms with Crippen molar-refractivity contribution in [3.05, 3.63) is 167 Å². The topological polar surface area (TPSA) is 117 Å². The van der Waals surface area contributed by atoms with Crippen molar-refractivity contribution in [3.63, 3.8) is 0 Å². The Morgan fingerprint density at radius 3 is 1.81 bits per heavy atom. The summed E-state index contributed by atoms with van der Waals surface area (Å²) in [5.74, 6) is -1.60. The summed E-state index contributed by atoms with van der Waals surface area (Å²) in [4.78, 5) is 37.3. The highest BCUT2D eigenvalue weighted by Gasteiger charge is 2.36. The number of hydrogen-bond donors (Lipinski definition) is 4. The van der Waals surface area contributed by atoms with E-state index in [9.17, 15) is 19.5 Å². The SMILES string of the molecule is Cc1ccc(C(NCCCC[C@H](NC(=O)CCNC(=O)OCC2c3ccccc3-c3ccccc32)C(=O)O)(c2ccccc2)c2ccccc2)cc1. The zero-order chi connectivity index (χ0) is 36.3. The molecule has 52 heavy (non-hydrogen) atoms. The number of benzene rings is 5. The van der Waals surface area contributed by atoms with Gasteiger partial charge in [-0.15, -0.1) is 0 Å². The summed E-state index contributed by atoms with van der Waals surface area (Å²) >= 11 is 0. The largest absolute Gasteiger partial charge is 0.480 e. The van der Waals surface area contributed by atoms with Crippen LogP contribution in [0.3, 0.4) is 0 Å². The molecule has 2 amide bonds. The van der Waals surface area contributed by atoms with Crippen LogP contribution in [0.4, 0.5) is 4.79 Å². The van der Waals surface area contributed by atoms with E-state index >= 15 is 0 Å². The molecule has 0 radical (unpaired) electrons. The van der Waals surface area contributed by atoms with Crippen LogP contribution in [0.1, 0.15) is 65.0 Å². The summed E-state index contributed by atoms with van der Waals surface area (Å²) in [6.45, 7) is 2.88. The van der Waals surface area contributed by atoms with Crippen LogP contribution >= 0.6 is 0 Å². The number of hydrogen-bond acceptors (Lipinski definition) is 5. The van der Waals surface area contributed by atoms with Gasteiger partial charge in [-0.05, 0) is 71.7 Å². The molecule has 8 heteroatoms. The molecule has 0 aromatic heterocycles. The number of amides is 2. The summed E-state index contributed by atoms with van der Waals surface area (Å²) in [7, 11) is 0. The number of aliphatic carboxylic acids is 1. The second-order valence-corrected chi connectivity index (χ2v) is 13.2. The molecule has 0 spiro atoms. The van der Waals surface area contributed by atoms with Gasteiger partial charge in [0.2, 0.25) is 5.91 Å². The first kappa shape index (κ1) is 36.1. The standard InChI is InChI=1S/C44H45N3O5/c1-31-23-25-34(26-24-31)44(32-14-4-2-5-15-32,33-16-6-3-7-17-33)46-28-13-12-22-40(42(49)50)47-41(48)27-29-45-43(51)52-30-39-37-20-10-8-18-35(37)36-19-9-11-21-38(36)39/h2-11,14-21,23-26,39-40,46H,12-13,22,27-30H2,1H3,(H,45,51)(H,47,48)(H,49,50)/t40-/m0/s1. The maximum atomic E-state index is 12.7. The molecule has 5 aromatic carbocycles. The fourth-order valence-corrected chi connectivity index (χ4v) is 7.19. The summed E-state index contributed by atoms with van der Waals surface area (Å²) in [5.41, 5.74) is 8.39. The molecule has 0 saturated heterocycles. The number of nitrogens with one attached hydrogen (secondary N) is 3. The average molecular weight is 696 g/mol. The Hall–Kier alpha value is -5.73. The van der Waals surface area contributed by atoms with Crippen LogP contribution in [0.25, 0.3) is 11.1 Å². The van der Waals surface area contributed by atoms with Gasteiger partial charge >= 0.3 is 12.1 Å². The normalized spacial score (nSPS) is 12.7. The number of carboxylic acids is 1. The predicted molar refractivity (Wildman–Crippen MR) is 203 cm³/mol. The fraction of sp³-hybridized carbons (Fsp3) is 0.250. The molecule has 1 aliphatic rings. The second kappa shape index (κ2) is 17.0. The Labute approximate surface area is 305 Å². The number of fused-ring (bicyclic) bond motifs is 3. The van der Waals surface area contributed by atoms with Crippen LogP contribution in [0.2, 0.25) is 0 Å². The van der Waals surface area contributed by atoms with Gasteiger partial charge in [-0.1, -0.05) is 139 Å². The van der Waals surface area contributed by atoms with Gasteiger partial charge < -0.3 is 20.5 Å². The Kier molecular flexibility index (Phi) is 11.8. The first-order valence-corrected chi connectivity index (χ1v) is 17.9. The van der Waals surface area contributed by atoms with Crippen molar-refractivity contribution in [3.8, 4) is 11.1 Å². The number of alkyl carbamates (subject to hydrolysis) is 1. The summed E-state index contributed by atoms with van der Waals surface area (Å²) < 4.78 is 5.55. The minimum Gasteiger partial charge on any atom is -0.480 e. The van der Waals surface area contributed by atoms with Crippen molar-refractivity contribution < 1.29 is 24.2 Å². The second-order valence-electron chi connectivity index (χ2n) is 13.2. The Bertz CT molecular complexity index is 1880. The molecule has 8 nitrogen and oxygen atoms in total. The van der Waals surface area contributed by atoms with E-state index < -0.39 is 29.6 Å². The van der Waals surface area contributed by atoms with Gasteiger partial charge in [0.25, 0.3) is 0 Å². The third-order valence-corrected chi connectivity index (χ3v) is 9.81. The van der Waals surface area contributed by atoms with Crippen molar-refractivity contribution in [1.82, 2.24) is 16.0 Å². The molecule has 0 unspecified atom stereocenters. The third-order valence-electron chi connectivity index (χ3n) is 9.81. The van der Waals surface area contributed by atoms with Gasteiger partial charge in [-0.3, -0.25) is 10.1 Å². The average Bonchev–Trinajstić information content (AvgIpc) is 3.49. The molecule has 0 heterocycles. The van der Waals surface area contributed by atoms with Crippen molar-refractivity contribution in [2.75, 3.05) is 19.7 Å². The lowest BCUT2D eigenvalue weighted by molar-refractivity contribution is -0.142. The minimum absolute atomic E-state index is 0.0266. The van der Waals surface area contributed by atoms with Crippen molar-refractivity contribution in [2.45, 2.75) is 50.1 Å². The smallest absolute Gasteiger partial charge is 0.407 e. The van der Waals surface area contributed by atoms with E-state index in [2.05, 4.69) is 95.7 Å². The van der Waals surface area contributed by atoms with Crippen LogP contribution in [0, 0.1) is 6.92 Å². The Morgan fingerprint density at radius 1 is 0.692 bits per heavy atom. The summed E-state index contributed by atoms with van der Waals surface area (Å²) in [6, 6.07) is 44.4. The molecule has 1 atom stereocenters. The zero-order valence-corrected chi connectivity index (χ0v) is 29.4. The quantitative estimate of drug-likeness (QED) is 0.0626. The molecular formula is C44H45N3O5. The summed E-state index contributed by atoms with van der Waals surface area (Å²) in [6.07, 6.45) is 0.857. The molecule has 1 aliphatic carbocycles. The molecule has 6 rings (SSSR count). The Balaban J connectivity index is 0.983. The number of ether oxygens (including phenoxy) is 1. The summed E-state index contributed by atoms with van der Waals surface area (Å²) in [5, 5.41) is 19.0. The molecule has 5 aromatic rings. The highest BCUT2D eigenvalue weighted by molar-refractivity contribution is 5.84. The zero-order valence-electron chi connectivity index (χ0n) is 29.4. The lowest BCUT2D eigenvalue weighted by atomic mass is 9.76. The molecule has 4 N–H and O–H groups in total. The number of rotatable bonds is 16. The first-order valence-electron chi connectivity index (χ1n) is 17.9. The molecule has 0 aliphatic heterocycles. The van der Waals surface area contributed by atoms with E-state index in [-0.39, 0.29) is 31.9 Å². The molecular weight excluding hydrogens is 651 g/mol. The maximum Gasteiger partial charge on any atom is 0.407 e. The van der Waals surface area contributed by atoms with E-state index in [0.717, 1.165) is 38.9 Å². The van der Waals surface area contributed by atoms with Crippen molar-refractivity contribution >= 4 is 18.0 Å². The van der Waals surface area contributed by atoms with E-state index in [1.165, 1.54) is 5.56 Å². The van der Waals surface area contributed by atoms with Crippen LogP contribution in [0.5, 0.6) is 0 Å². The molecule has 0 saturated carbocycles. The number of carbonyl (C=O) groups is 3. The molecule has 0 bridgehead atoms. The van der Waals surface area contributed by atoms with Gasteiger partial charge in [0.15, 0.2) is 0 Å². The number of carboxylic acid groups (broad SMARTS) is 1. The van der Waals surface area contributed by atoms with Crippen LogP contribution in [-0.2, 0) is 19.9 Å². The first-order chi connectivity index (χ1) is 25.4. The van der Waals surface area contributed by atoms with Gasteiger partial charge in [0, 0.05) is 18.9 Å². The Morgan fingerprint density at radius 2 is 1.23 bits per heavy atom. The van der Waals surface area contributed by atoms with E-state index in [1.807, 2.05) is 60.7 Å². The lowest BCUT2D eigenvalue weighted by Crippen LogP contribution is -2.45. The van der Waals surface area contributed by atoms with Crippen LogP contribution in [0.15, 0.2) is 133 Å². The third kappa shape index (κ3) is 8.24. The molecule has 0 fully saturated rings. The van der Waals surface area contributed by atoms with E-state index in [4.69, 9.17) is 4.74 Å². The predicted octanol–water partition coefficient (Wildman–Crippen LogP) is 7.55. The van der Waals surface area contributed by atoms with E-state index in [1.54, 1.807) is 0 Å². The van der Waals surface area contributed by atoms with Crippen LogP contribution in [-0.4, -0.2) is 48.8 Å². The number of unbranched alkanes of at least 4 members (excludes halogenated alkanes) is 1. The van der Waals surface area contributed by atoms with Crippen molar-refractivity contribution in [2.24, 2.45) is 0 Å². The maximum absolute atomic E-state index is 12.7. The number of carbonyl (C=O) groups excluding carboxylic acids is 2. The van der Waals surface area contributed by atoms with E-state index in [0.29, 0.717) is 19.4 Å². The highest BCUT2D eigenvalue weighted by atomic mass is 16.5. The van der Waals surface area contributed by atoms with Gasteiger partial charge in [0.1, 0.15) is 12.6 Å². The minimum atomic E-state index is -1.09. The van der Waals surface area contributed by atoms with Gasteiger partial charge in [0.05, 0.1) is 5.54 Å². The van der Waals surface area contributed by atoms with Gasteiger partial charge in [-0.2, -0.15) is 0 Å². The monoisotopic (exact) mass is 695 g/mol. The van der Waals surface area contributed by atoms with Gasteiger partial charge in [-0.25, -0.2) is 9.59 Å². The molecule has 266 valence electrons. The lowest BCUT2D eigenvalue weighted by Gasteiger charge is -2.37. The number of aryl methyl sites for hydroxylation is 1. The van der Waals surface area contributed by atoms with Crippen molar-refractivity contribution in [1.29, 1.82) is 0 Å².